The van der Waals surface area contributed by atoms with Crippen LogP contribution in [0.1, 0.15) is 18.4 Å². The van der Waals surface area contributed by atoms with Crippen LogP contribution in [0.3, 0.4) is 0 Å². The summed E-state index contributed by atoms with van der Waals surface area (Å²) in [7, 11) is 0. The smallest absolute Gasteiger partial charge is 0.306 e. The molecule has 0 fully saturated rings. The molecule has 0 heterocycles. The summed E-state index contributed by atoms with van der Waals surface area (Å²) in [6.07, 6.45) is 7.49. The predicted molar refractivity (Wildman–Crippen MR) is 91.2 cm³/mol. The van der Waals surface area contributed by atoms with Crippen molar-refractivity contribution < 1.29 is 19.7 Å². The molecule has 0 amide bonds. The molecule has 0 aromatic heterocycles. The molecule has 1 aromatic rings. The number of rotatable bonds is 9. The maximum Gasteiger partial charge on any atom is 0.306 e. The van der Waals surface area contributed by atoms with Gasteiger partial charge >= 0.3 is 5.97 Å². The summed E-state index contributed by atoms with van der Waals surface area (Å²) in [5.74, 6) is -0.0136. The van der Waals surface area contributed by atoms with E-state index in [1.165, 1.54) is 12.2 Å². The van der Waals surface area contributed by atoms with E-state index in [2.05, 4.69) is 13.2 Å². The Bertz CT molecular complexity index is 594. The van der Waals surface area contributed by atoms with Gasteiger partial charge in [0.15, 0.2) is 0 Å². The van der Waals surface area contributed by atoms with Crippen LogP contribution in [-0.4, -0.2) is 22.8 Å². The number of ether oxygens (including phenoxy) is 1. The summed E-state index contributed by atoms with van der Waals surface area (Å²) in [4.78, 5) is 11.7. The second-order valence-electron chi connectivity index (χ2n) is 4.88. The number of phenols is 1. The molecular weight excluding hydrogens is 292 g/mol. The maximum absolute atomic E-state index is 11.7. The van der Waals surface area contributed by atoms with Gasteiger partial charge in [0.1, 0.15) is 11.5 Å². The minimum absolute atomic E-state index is 0.0563. The fraction of sp³-hybridized carbons (Fsp3) is 0.211. The van der Waals surface area contributed by atoms with Gasteiger partial charge in [-0.05, 0) is 41.8 Å². The molecule has 0 saturated carbocycles. The van der Waals surface area contributed by atoms with Crippen molar-refractivity contribution in [2.24, 2.45) is 0 Å². The van der Waals surface area contributed by atoms with Gasteiger partial charge in [-0.1, -0.05) is 37.4 Å². The highest BCUT2D eigenvalue weighted by Crippen LogP contribution is 2.11. The van der Waals surface area contributed by atoms with Gasteiger partial charge in [0.25, 0.3) is 0 Å². The Balaban J connectivity index is 2.34. The van der Waals surface area contributed by atoms with Crippen LogP contribution in [0.2, 0.25) is 0 Å². The maximum atomic E-state index is 11.7. The second kappa shape index (κ2) is 10.1. The van der Waals surface area contributed by atoms with Gasteiger partial charge in [-0.25, -0.2) is 0 Å². The van der Waals surface area contributed by atoms with Crippen LogP contribution < -0.4 is 0 Å². The number of hydrogen-bond donors (Lipinski definition) is 2. The number of aliphatic hydroxyl groups is 1. The normalized spacial score (nSPS) is 11.8. The van der Waals surface area contributed by atoms with Gasteiger partial charge in [-0.3, -0.25) is 4.79 Å². The number of carbonyl (C=O) groups excluding carboxylic acids is 1. The van der Waals surface area contributed by atoms with E-state index in [-0.39, 0.29) is 23.9 Å². The molecular formula is C19H22O4. The zero-order valence-corrected chi connectivity index (χ0v) is 13.1. The lowest BCUT2D eigenvalue weighted by Gasteiger charge is -2.05. The molecule has 0 atom stereocenters. The van der Waals surface area contributed by atoms with E-state index >= 15 is 0 Å². The first-order valence-electron chi connectivity index (χ1n) is 7.33. The van der Waals surface area contributed by atoms with Gasteiger partial charge in [0.2, 0.25) is 0 Å². The van der Waals surface area contributed by atoms with Crippen LogP contribution in [0.15, 0.2) is 73.1 Å². The van der Waals surface area contributed by atoms with Crippen LogP contribution in [-0.2, 0) is 16.0 Å². The molecule has 0 radical (unpaired) electrons. The fourth-order valence-electron chi connectivity index (χ4n) is 1.78. The van der Waals surface area contributed by atoms with Gasteiger partial charge in [0.05, 0.1) is 6.61 Å². The first-order chi connectivity index (χ1) is 11.0. The number of aliphatic hydroxyl groups excluding tert-OH is 1. The Labute approximate surface area is 136 Å². The van der Waals surface area contributed by atoms with Crippen molar-refractivity contribution in [3.8, 4) is 5.75 Å². The number of esters is 1. The molecule has 23 heavy (non-hydrogen) atoms. The predicted octanol–water partition coefficient (Wildman–Crippen LogP) is 4.00. The molecule has 4 heteroatoms. The molecule has 0 spiro atoms. The van der Waals surface area contributed by atoms with Crippen LogP contribution in [0, 0.1) is 0 Å². The summed E-state index contributed by atoms with van der Waals surface area (Å²) >= 11 is 0. The molecule has 0 saturated heterocycles. The summed E-state index contributed by atoms with van der Waals surface area (Å²) in [5.41, 5.74) is 1.82. The van der Waals surface area contributed by atoms with E-state index < -0.39 is 0 Å². The van der Waals surface area contributed by atoms with Crippen LogP contribution in [0.25, 0.3) is 0 Å². The molecule has 2 N–H and O–H groups in total. The highest BCUT2D eigenvalue weighted by Gasteiger charge is 2.04. The minimum atomic E-state index is -0.284. The van der Waals surface area contributed by atoms with Crippen LogP contribution >= 0.6 is 0 Å². The number of allylic oxidation sites excluding steroid dienone is 5. The second-order valence-corrected chi connectivity index (χ2v) is 4.88. The van der Waals surface area contributed by atoms with Gasteiger partial charge < -0.3 is 14.9 Å². The van der Waals surface area contributed by atoms with Crippen molar-refractivity contribution in [2.45, 2.75) is 19.3 Å². The molecule has 4 nitrogen and oxygen atoms in total. The van der Waals surface area contributed by atoms with Crippen molar-refractivity contribution in [1.82, 2.24) is 0 Å². The third-order valence-corrected chi connectivity index (χ3v) is 3.15. The number of benzene rings is 1. The number of phenolic OH excluding ortho intramolecular Hbond substituents is 1. The molecule has 0 aliphatic carbocycles. The van der Waals surface area contributed by atoms with E-state index in [9.17, 15) is 15.0 Å². The topological polar surface area (TPSA) is 66.8 Å². The van der Waals surface area contributed by atoms with Crippen LogP contribution in [0.4, 0.5) is 0 Å². The molecule has 122 valence electrons. The molecule has 0 aliphatic heterocycles. The summed E-state index contributed by atoms with van der Waals surface area (Å²) < 4.78 is 5.17. The Kier molecular flexibility index (Phi) is 8.00. The number of aromatic hydroxyl groups is 1. The van der Waals surface area contributed by atoms with Gasteiger partial charge in [-0.15, -0.1) is 0 Å². The Morgan fingerprint density at radius 3 is 2.39 bits per heavy atom. The van der Waals surface area contributed by atoms with Crippen molar-refractivity contribution in [3.05, 3.63) is 78.6 Å². The average molecular weight is 314 g/mol. The Morgan fingerprint density at radius 2 is 1.78 bits per heavy atom. The molecule has 0 aliphatic rings. The summed E-state index contributed by atoms with van der Waals surface area (Å²) in [6.45, 7) is 7.41. The molecule has 0 unspecified atom stereocenters. The fourth-order valence-corrected chi connectivity index (χ4v) is 1.78. The van der Waals surface area contributed by atoms with Crippen molar-refractivity contribution in [2.75, 3.05) is 6.61 Å². The van der Waals surface area contributed by atoms with Crippen molar-refractivity contribution in [3.63, 3.8) is 0 Å². The minimum Gasteiger partial charge on any atom is -0.508 e. The quantitative estimate of drug-likeness (QED) is 0.411. The monoisotopic (exact) mass is 314 g/mol. The summed E-state index contributed by atoms with van der Waals surface area (Å²) in [6, 6.07) is 6.79. The van der Waals surface area contributed by atoms with Gasteiger partial charge in [-0.2, -0.15) is 0 Å². The first kappa shape index (κ1) is 18.3. The highest BCUT2D eigenvalue weighted by atomic mass is 16.5. The van der Waals surface area contributed by atoms with E-state index in [0.29, 0.717) is 19.4 Å². The van der Waals surface area contributed by atoms with Crippen LogP contribution in [0.5, 0.6) is 5.75 Å². The van der Waals surface area contributed by atoms with E-state index in [4.69, 9.17) is 4.74 Å². The highest BCUT2D eigenvalue weighted by molar-refractivity contribution is 5.69. The first-order valence-corrected chi connectivity index (χ1v) is 7.33. The zero-order valence-electron chi connectivity index (χ0n) is 13.1. The van der Waals surface area contributed by atoms with E-state index in [1.54, 1.807) is 36.4 Å². The molecule has 1 rings (SSSR count). The number of hydrogen-bond acceptors (Lipinski definition) is 4. The van der Waals surface area contributed by atoms with E-state index in [0.717, 1.165) is 11.1 Å². The number of carbonyl (C=O) groups is 1. The molecule has 0 bridgehead atoms. The zero-order chi connectivity index (χ0) is 17.1. The Morgan fingerprint density at radius 1 is 1.09 bits per heavy atom. The third kappa shape index (κ3) is 7.71. The average Bonchev–Trinajstić information content (AvgIpc) is 2.56. The third-order valence-electron chi connectivity index (χ3n) is 3.15. The lowest BCUT2D eigenvalue weighted by Crippen LogP contribution is -2.07. The van der Waals surface area contributed by atoms with Crippen molar-refractivity contribution in [1.29, 1.82) is 0 Å². The lowest BCUT2D eigenvalue weighted by atomic mass is 10.1. The standard InChI is InChI=1S/C19H22O4/c1-3-15(5-9-17(20)4-2)8-12-19(22)23-14-13-16-6-10-18(21)11-7-16/h3-7,9-11,20-21H,1-2,8,12-14H2/b15-5+,17-9+. The van der Waals surface area contributed by atoms with Crippen molar-refractivity contribution >= 4 is 5.97 Å². The summed E-state index contributed by atoms with van der Waals surface area (Å²) in [5, 5.41) is 18.5. The SMILES string of the molecule is C=C/C(=C\C=C(\O)C=C)CCC(=O)OCCc1ccc(O)cc1. The molecule has 1 aromatic carbocycles. The largest absolute Gasteiger partial charge is 0.508 e. The lowest BCUT2D eigenvalue weighted by molar-refractivity contribution is -0.143. The van der Waals surface area contributed by atoms with E-state index in [1.807, 2.05) is 0 Å². The Hall–Kier alpha value is -2.75. The van der Waals surface area contributed by atoms with Gasteiger partial charge in [0, 0.05) is 12.8 Å².